The highest BCUT2D eigenvalue weighted by Crippen LogP contribution is 2.55. The van der Waals surface area contributed by atoms with Gasteiger partial charge in [0.25, 0.3) is 0 Å². The molecule has 0 spiro atoms. The second-order valence-corrected chi connectivity index (χ2v) is 19.1. The zero-order valence-electron chi connectivity index (χ0n) is 36.6. The van der Waals surface area contributed by atoms with Gasteiger partial charge in [0.1, 0.15) is 0 Å². The SMILES string of the molecule is CC1(C)c2ccccc2-c2ccc(-c3c4ccccc4c(-c4ccc5c(c4)C(C)(C)c4cc(-c6c7ccccc7c(-c7ccccc7)c7ccccc67)ccc4-5)c4ccccc34)cc21. The predicted octanol–water partition coefficient (Wildman–Crippen LogP) is 17.6. The standard InChI is InChI=1S/C64H46/c1-63(2)55-29-17-16-20-43(55)44-33-30-40(36-56(44)63)61-51-25-12-14-27-53(51)62(54-28-15-13-26-52(54)61)42-32-35-46-45-34-31-41(37-57(45)64(3,4)58(46)38-42)60-49-23-10-8-21-47(49)59(39-18-6-5-7-19-39)48-22-9-11-24-50(48)60/h5-38H,1-4H3. The van der Waals surface area contributed by atoms with Crippen molar-refractivity contribution in [2.45, 2.75) is 38.5 Å². The monoisotopic (exact) mass is 814 g/mol. The maximum atomic E-state index is 2.51. The third kappa shape index (κ3) is 5.11. The highest BCUT2D eigenvalue weighted by Gasteiger charge is 2.38. The minimum Gasteiger partial charge on any atom is -0.0622 e. The smallest absolute Gasteiger partial charge is 0.0159 e. The van der Waals surface area contributed by atoms with Crippen LogP contribution in [0.15, 0.2) is 206 Å². The van der Waals surface area contributed by atoms with Crippen molar-refractivity contribution >= 4 is 43.1 Å². The summed E-state index contributed by atoms with van der Waals surface area (Å²) in [7, 11) is 0. The lowest BCUT2D eigenvalue weighted by atomic mass is 9.79. The summed E-state index contributed by atoms with van der Waals surface area (Å²) in [4.78, 5) is 0. The van der Waals surface area contributed by atoms with Crippen molar-refractivity contribution in [3.05, 3.63) is 229 Å². The van der Waals surface area contributed by atoms with Gasteiger partial charge in [-0.3, -0.25) is 0 Å². The first-order valence-corrected chi connectivity index (χ1v) is 22.8. The lowest BCUT2D eigenvalue weighted by molar-refractivity contribution is 0.660. The molecule has 2 aliphatic carbocycles. The van der Waals surface area contributed by atoms with Crippen LogP contribution in [0.3, 0.4) is 0 Å². The summed E-state index contributed by atoms with van der Waals surface area (Å²) in [5.41, 5.74) is 20.9. The van der Waals surface area contributed by atoms with E-state index in [9.17, 15) is 0 Å². The van der Waals surface area contributed by atoms with E-state index in [1.807, 2.05) is 0 Å². The van der Waals surface area contributed by atoms with Gasteiger partial charge >= 0.3 is 0 Å². The first-order valence-electron chi connectivity index (χ1n) is 22.8. The Kier molecular flexibility index (Phi) is 7.80. The Hall–Kier alpha value is -7.54. The predicted molar refractivity (Wildman–Crippen MR) is 273 cm³/mol. The minimum absolute atomic E-state index is 0.0718. The minimum atomic E-state index is -0.216. The van der Waals surface area contributed by atoms with Crippen LogP contribution in [0.5, 0.6) is 0 Å². The first-order chi connectivity index (χ1) is 31.3. The van der Waals surface area contributed by atoms with Crippen molar-refractivity contribution in [2.24, 2.45) is 0 Å². The molecular formula is C64H46. The van der Waals surface area contributed by atoms with Crippen molar-refractivity contribution in [3.8, 4) is 66.8 Å². The molecule has 0 unspecified atom stereocenters. The van der Waals surface area contributed by atoms with Crippen molar-refractivity contribution in [1.82, 2.24) is 0 Å². The Morgan fingerprint density at radius 3 is 0.844 bits per heavy atom. The molecule has 0 saturated carbocycles. The van der Waals surface area contributed by atoms with Gasteiger partial charge in [-0.05, 0) is 150 Å². The Bertz CT molecular complexity index is 3650. The lowest BCUT2D eigenvalue weighted by Crippen LogP contribution is -2.15. The summed E-state index contributed by atoms with van der Waals surface area (Å²) >= 11 is 0. The lowest BCUT2D eigenvalue weighted by Gasteiger charge is -2.24. The van der Waals surface area contributed by atoms with Gasteiger partial charge in [0.05, 0.1) is 0 Å². The molecule has 0 aliphatic heterocycles. The van der Waals surface area contributed by atoms with E-state index in [1.165, 1.54) is 132 Å². The fraction of sp³-hybridized carbons (Fsp3) is 0.0938. The van der Waals surface area contributed by atoms with Crippen molar-refractivity contribution < 1.29 is 0 Å². The molecule has 0 fully saturated rings. The van der Waals surface area contributed by atoms with Crippen LogP contribution in [0.2, 0.25) is 0 Å². The van der Waals surface area contributed by atoms with Crippen LogP contribution in [0.4, 0.5) is 0 Å². The Morgan fingerprint density at radius 2 is 0.484 bits per heavy atom. The summed E-state index contributed by atoms with van der Waals surface area (Å²) in [5, 5.41) is 10.3. The Morgan fingerprint density at radius 1 is 0.219 bits per heavy atom. The van der Waals surface area contributed by atoms with E-state index in [0.717, 1.165) is 0 Å². The fourth-order valence-electron chi connectivity index (χ4n) is 12.0. The third-order valence-corrected chi connectivity index (χ3v) is 15.1. The molecule has 0 amide bonds. The molecule has 0 aromatic heterocycles. The van der Waals surface area contributed by atoms with Crippen LogP contribution in [0, 0.1) is 0 Å². The van der Waals surface area contributed by atoms with Crippen molar-refractivity contribution in [3.63, 3.8) is 0 Å². The average molecular weight is 815 g/mol. The molecule has 0 heteroatoms. The summed E-state index contributed by atoms with van der Waals surface area (Å²) in [5.74, 6) is 0. The molecule has 13 rings (SSSR count). The molecule has 0 N–H and O–H groups in total. The Labute approximate surface area is 375 Å². The van der Waals surface area contributed by atoms with Crippen molar-refractivity contribution in [2.75, 3.05) is 0 Å². The van der Waals surface area contributed by atoms with Crippen molar-refractivity contribution in [1.29, 1.82) is 0 Å². The van der Waals surface area contributed by atoms with Gasteiger partial charge in [-0.1, -0.05) is 216 Å². The molecule has 64 heavy (non-hydrogen) atoms. The maximum Gasteiger partial charge on any atom is 0.0159 e. The summed E-state index contributed by atoms with van der Waals surface area (Å²) in [6.07, 6.45) is 0. The molecule has 0 nitrogen and oxygen atoms in total. The molecule has 11 aromatic carbocycles. The molecule has 302 valence electrons. The van der Waals surface area contributed by atoms with Gasteiger partial charge in [-0.2, -0.15) is 0 Å². The topological polar surface area (TPSA) is 0 Å². The van der Waals surface area contributed by atoms with E-state index in [1.54, 1.807) is 0 Å². The highest BCUT2D eigenvalue weighted by atomic mass is 14.4. The second-order valence-electron chi connectivity index (χ2n) is 19.1. The first kappa shape index (κ1) is 37.1. The highest BCUT2D eigenvalue weighted by molar-refractivity contribution is 6.23. The summed E-state index contributed by atoms with van der Waals surface area (Å²) < 4.78 is 0. The molecule has 11 aromatic rings. The van der Waals surface area contributed by atoms with Crippen LogP contribution in [0.1, 0.15) is 49.9 Å². The number of fused-ring (bicyclic) bond motifs is 10. The molecule has 0 heterocycles. The van der Waals surface area contributed by atoms with Crippen LogP contribution in [-0.4, -0.2) is 0 Å². The van der Waals surface area contributed by atoms with Crippen LogP contribution in [-0.2, 0) is 10.8 Å². The molecule has 0 saturated heterocycles. The second kappa shape index (κ2) is 13.5. The van der Waals surface area contributed by atoms with Crippen LogP contribution < -0.4 is 0 Å². The van der Waals surface area contributed by atoms with Crippen LogP contribution in [0.25, 0.3) is 110 Å². The van der Waals surface area contributed by atoms with Gasteiger partial charge in [0.2, 0.25) is 0 Å². The van der Waals surface area contributed by atoms with E-state index in [0.29, 0.717) is 0 Å². The van der Waals surface area contributed by atoms with E-state index in [2.05, 4.69) is 234 Å². The Balaban J connectivity index is 0.968. The number of benzene rings is 11. The molecule has 0 radical (unpaired) electrons. The molecule has 2 aliphatic rings. The van der Waals surface area contributed by atoms with Gasteiger partial charge in [0.15, 0.2) is 0 Å². The zero-order chi connectivity index (χ0) is 42.9. The molecule has 0 bridgehead atoms. The van der Waals surface area contributed by atoms with Gasteiger partial charge in [-0.15, -0.1) is 0 Å². The molecular weight excluding hydrogens is 769 g/mol. The molecule has 0 atom stereocenters. The third-order valence-electron chi connectivity index (χ3n) is 15.1. The van der Waals surface area contributed by atoms with E-state index >= 15 is 0 Å². The van der Waals surface area contributed by atoms with Gasteiger partial charge < -0.3 is 0 Å². The maximum absolute atomic E-state index is 2.51. The summed E-state index contributed by atoms with van der Waals surface area (Å²) in [6.45, 7) is 9.60. The number of hydrogen-bond donors (Lipinski definition) is 0. The van der Waals surface area contributed by atoms with Crippen LogP contribution >= 0.6 is 0 Å². The fourth-order valence-corrected chi connectivity index (χ4v) is 12.0. The summed E-state index contributed by atoms with van der Waals surface area (Å²) in [6, 6.07) is 77.7. The number of hydrogen-bond acceptors (Lipinski definition) is 0. The normalized spacial score (nSPS) is 14.2. The van der Waals surface area contributed by atoms with E-state index < -0.39 is 0 Å². The average Bonchev–Trinajstić information content (AvgIpc) is 3.70. The largest absolute Gasteiger partial charge is 0.0622 e. The van der Waals surface area contributed by atoms with Gasteiger partial charge in [0, 0.05) is 10.8 Å². The number of rotatable bonds is 4. The van der Waals surface area contributed by atoms with Gasteiger partial charge in [-0.25, -0.2) is 0 Å². The zero-order valence-corrected chi connectivity index (χ0v) is 36.6. The quantitative estimate of drug-likeness (QED) is 0.155. The van der Waals surface area contributed by atoms with E-state index in [4.69, 9.17) is 0 Å². The van der Waals surface area contributed by atoms with E-state index in [-0.39, 0.29) is 10.8 Å².